The molecule has 148 valence electrons. The van der Waals surface area contributed by atoms with Gasteiger partial charge in [-0.05, 0) is 49.4 Å². The third-order valence-corrected chi connectivity index (χ3v) is 4.75. The molecule has 0 saturated heterocycles. The Bertz CT molecular complexity index is 1220. The lowest BCUT2D eigenvalue weighted by molar-refractivity contribution is 0.0956. The van der Waals surface area contributed by atoms with Crippen LogP contribution < -0.4 is 10.2 Å². The van der Waals surface area contributed by atoms with Crippen LogP contribution in [0.4, 0.5) is 0 Å². The van der Waals surface area contributed by atoms with Gasteiger partial charge in [0, 0.05) is 28.9 Å². The van der Waals surface area contributed by atoms with Crippen molar-refractivity contribution >= 4 is 22.5 Å². The first-order valence-electron chi connectivity index (χ1n) is 9.45. The van der Waals surface area contributed by atoms with Gasteiger partial charge >= 0.3 is 0 Å². The molecule has 0 unspecified atom stereocenters. The number of para-hydroxylation sites is 1. The summed E-state index contributed by atoms with van der Waals surface area (Å²) in [4.78, 5) is 21.8. The molecule has 2 aromatic carbocycles. The average Bonchev–Trinajstić information content (AvgIpc) is 2.82. The standard InChI is InChI=1S/C24H20N4O2/c1-16(18-6-5-13-25-15-18)27-28-24(29)21-14-23(17-9-11-19(30-2)12-10-17)26-22-8-4-3-7-20(21)22/h3-15H,1-2H3,(H,28,29)/b27-16-. The first kappa shape index (κ1) is 19.3. The summed E-state index contributed by atoms with van der Waals surface area (Å²) in [5, 5.41) is 5.01. The minimum absolute atomic E-state index is 0.299. The number of hydrogen-bond donors (Lipinski definition) is 1. The topological polar surface area (TPSA) is 76.5 Å². The zero-order chi connectivity index (χ0) is 20.9. The Labute approximate surface area is 174 Å². The second kappa shape index (κ2) is 8.53. The third-order valence-electron chi connectivity index (χ3n) is 4.75. The largest absolute Gasteiger partial charge is 0.497 e. The highest BCUT2D eigenvalue weighted by Crippen LogP contribution is 2.26. The molecular weight excluding hydrogens is 376 g/mol. The summed E-state index contributed by atoms with van der Waals surface area (Å²) in [5.41, 5.74) is 7.02. The molecule has 0 aliphatic carbocycles. The van der Waals surface area contributed by atoms with E-state index in [-0.39, 0.29) is 5.91 Å². The van der Waals surface area contributed by atoms with Crippen molar-refractivity contribution in [2.24, 2.45) is 5.10 Å². The Kier molecular flexibility index (Phi) is 5.48. The summed E-state index contributed by atoms with van der Waals surface area (Å²) >= 11 is 0. The molecule has 6 nitrogen and oxygen atoms in total. The van der Waals surface area contributed by atoms with Gasteiger partial charge in [0.25, 0.3) is 5.91 Å². The van der Waals surface area contributed by atoms with Crippen LogP contribution in [0.5, 0.6) is 5.75 Å². The summed E-state index contributed by atoms with van der Waals surface area (Å²) in [6, 6.07) is 20.6. The van der Waals surface area contributed by atoms with Crippen LogP contribution in [0.1, 0.15) is 22.8 Å². The van der Waals surface area contributed by atoms with Crippen LogP contribution >= 0.6 is 0 Å². The summed E-state index contributed by atoms with van der Waals surface area (Å²) in [6.07, 6.45) is 3.40. The molecule has 1 N–H and O–H groups in total. The zero-order valence-electron chi connectivity index (χ0n) is 16.7. The minimum atomic E-state index is -0.299. The van der Waals surface area contributed by atoms with E-state index in [1.165, 1.54) is 0 Å². The maximum absolute atomic E-state index is 13.0. The second-order valence-electron chi connectivity index (χ2n) is 6.68. The Hall–Kier alpha value is -4.06. The van der Waals surface area contributed by atoms with Crippen LogP contribution in [0.15, 0.2) is 84.2 Å². The molecule has 2 aromatic heterocycles. The SMILES string of the molecule is COc1ccc(-c2cc(C(=O)N/N=C(/C)c3cccnc3)c3ccccc3n2)cc1. The van der Waals surface area contributed by atoms with Gasteiger partial charge in [-0.3, -0.25) is 9.78 Å². The maximum atomic E-state index is 13.0. The molecule has 0 aliphatic heterocycles. The lowest BCUT2D eigenvalue weighted by Gasteiger charge is -2.10. The Balaban J connectivity index is 1.70. The monoisotopic (exact) mass is 396 g/mol. The van der Waals surface area contributed by atoms with E-state index >= 15 is 0 Å². The van der Waals surface area contributed by atoms with E-state index in [4.69, 9.17) is 9.72 Å². The smallest absolute Gasteiger partial charge is 0.272 e. The van der Waals surface area contributed by atoms with Crippen LogP contribution in [0, 0.1) is 0 Å². The quantitative estimate of drug-likeness (QED) is 0.399. The maximum Gasteiger partial charge on any atom is 0.272 e. The first-order chi connectivity index (χ1) is 14.7. The van der Waals surface area contributed by atoms with Crippen molar-refractivity contribution in [3.05, 3.63) is 90.3 Å². The van der Waals surface area contributed by atoms with Crippen LogP contribution in [0.25, 0.3) is 22.2 Å². The first-order valence-corrected chi connectivity index (χ1v) is 9.45. The molecule has 0 saturated carbocycles. The minimum Gasteiger partial charge on any atom is -0.497 e. The average molecular weight is 396 g/mol. The van der Waals surface area contributed by atoms with Gasteiger partial charge in [-0.2, -0.15) is 5.10 Å². The fourth-order valence-corrected chi connectivity index (χ4v) is 3.11. The molecule has 4 rings (SSSR count). The van der Waals surface area contributed by atoms with E-state index in [0.717, 1.165) is 27.8 Å². The van der Waals surface area contributed by atoms with E-state index in [1.54, 1.807) is 25.6 Å². The molecule has 0 aliphatic rings. The van der Waals surface area contributed by atoms with Crippen molar-refractivity contribution in [3.8, 4) is 17.0 Å². The summed E-state index contributed by atoms with van der Waals surface area (Å²) < 4.78 is 5.22. The number of rotatable bonds is 5. The number of methoxy groups -OCH3 is 1. The highest BCUT2D eigenvalue weighted by atomic mass is 16.5. The predicted octanol–water partition coefficient (Wildman–Crippen LogP) is 4.46. The Morgan fingerprint density at radius 1 is 1.03 bits per heavy atom. The van der Waals surface area contributed by atoms with Crippen molar-refractivity contribution < 1.29 is 9.53 Å². The van der Waals surface area contributed by atoms with Crippen LogP contribution in [0.2, 0.25) is 0 Å². The molecule has 0 fully saturated rings. The van der Waals surface area contributed by atoms with Gasteiger partial charge in [0.2, 0.25) is 0 Å². The molecule has 0 radical (unpaired) electrons. The van der Waals surface area contributed by atoms with E-state index in [1.807, 2.05) is 67.6 Å². The van der Waals surface area contributed by atoms with Crippen LogP contribution in [0.3, 0.4) is 0 Å². The van der Waals surface area contributed by atoms with E-state index in [2.05, 4.69) is 15.5 Å². The second-order valence-corrected chi connectivity index (χ2v) is 6.68. The van der Waals surface area contributed by atoms with E-state index in [9.17, 15) is 4.79 Å². The lowest BCUT2D eigenvalue weighted by Crippen LogP contribution is -2.20. The van der Waals surface area contributed by atoms with Crippen molar-refractivity contribution in [2.45, 2.75) is 6.92 Å². The van der Waals surface area contributed by atoms with Gasteiger partial charge in [-0.15, -0.1) is 0 Å². The molecule has 30 heavy (non-hydrogen) atoms. The van der Waals surface area contributed by atoms with Crippen molar-refractivity contribution in [1.29, 1.82) is 0 Å². The lowest BCUT2D eigenvalue weighted by atomic mass is 10.0. The fourth-order valence-electron chi connectivity index (χ4n) is 3.11. The molecule has 4 aromatic rings. The van der Waals surface area contributed by atoms with Gasteiger partial charge in [-0.25, -0.2) is 10.4 Å². The number of hydrazone groups is 1. The highest BCUT2D eigenvalue weighted by molar-refractivity contribution is 6.08. The number of nitrogens with zero attached hydrogens (tertiary/aromatic N) is 3. The number of nitrogens with one attached hydrogen (secondary N) is 1. The summed E-state index contributed by atoms with van der Waals surface area (Å²) in [7, 11) is 1.62. The molecule has 2 heterocycles. The van der Waals surface area contributed by atoms with Crippen molar-refractivity contribution in [2.75, 3.05) is 7.11 Å². The number of fused-ring (bicyclic) bond motifs is 1. The number of carbonyl (C=O) groups is 1. The van der Waals surface area contributed by atoms with E-state index in [0.29, 0.717) is 17.0 Å². The highest BCUT2D eigenvalue weighted by Gasteiger charge is 2.14. The number of pyridine rings is 2. The summed E-state index contributed by atoms with van der Waals surface area (Å²) in [5.74, 6) is 0.462. The van der Waals surface area contributed by atoms with Crippen LogP contribution in [-0.4, -0.2) is 28.7 Å². The van der Waals surface area contributed by atoms with Gasteiger partial charge in [0.15, 0.2) is 0 Å². The Morgan fingerprint density at radius 2 is 1.83 bits per heavy atom. The third kappa shape index (κ3) is 4.03. The predicted molar refractivity (Wildman–Crippen MR) is 118 cm³/mol. The fraction of sp³-hybridized carbons (Fsp3) is 0.0833. The molecule has 0 spiro atoms. The van der Waals surface area contributed by atoms with Gasteiger partial charge in [0.05, 0.1) is 29.6 Å². The Morgan fingerprint density at radius 3 is 2.57 bits per heavy atom. The van der Waals surface area contributed by atoms with E-state index < -0.39 is 0 Å². The number of hydrogen-bond acceptors (Lipinski definition) is 5. The normalized spacial score (nSPS) is 11.3. The number of ether oxygens (including phenoxy) is 1. The molecule has 0 bridgehead atoms. The zero-order valence-corrected chi connectivity index (χ0v) is 16.7. The molecular formula is C24H20N4O2. The number of benzene rings is 2. The number of amides is 1. The van der Waals surface area contributed by atoms with Gasteiger partial charge < -0.3 is 4.74 Å². The van der Waals surface area contributed by atoms with Crippen LogP contribution in [-0.2, 0) is 0 Å². The molecule has 6 heteroatoms. The van der Waals surface area contributed by atoms with Crippen molar-refractivity contribution in [1.82, 2.24) is 15.4 Å². The van der Waals surface area contributed by atoms with Crippen molar-refractivity contribution in [3.63, 3.8) is 0 Å². The number of aromatic nitrogens is 2. The molecule has 1 amide bonds. The summed E-state index contributed by atoms with van der Waals surface area (Å²) in [6.45, 7) is 1.82. The molecule has 0 atom stereocenters. The number of carbonyl (C=O) groups excluding carboxylic acids is 1. The van der Waals surface area contributed by atoms with Gasteiger partial charge in [-0.1, -0.05) is 24.3 Å². The van der Waals surface area contributed by atoms with Gasteiger partial charge in [0.1, 0.15) is 5.75 Å².